The van der Waals surface area contributed by atoms with Gasteiger partial charge in [0, 0.05) is 29.6 Å². The van der Waals surface area contributed by atoms with Gasteiger partial charge in [-0.05, 0) is 17.5 Å². The van der Waals surface area contributed by atoms with Crippen LogP contribution in [0.15, 0.2) is 72.4 Å². The highest BCUT2D eigenvalue weighted by molar-refractivity contribution is 7.17. The normalized spacial score (nSPS) is 10.8. The molecule has 4 heteroatoms. The van der Waals surface area contributed by atoms with Gasteiger partial charge in [0.05, 0.1) is 15.9 Å². The third-order valence-electron chi connectivity index (χ3n) is 3.56. The van der Waals surface area contributed by atoms with Crippen LogP contribution in [0.4, 0.5) is 0 Å². The molecule has 112 valence electrons. The van der Waals surface area contributed by atoms with Gasteiger partial charge in [-0.25, -0.2) is 4.98 Å². The van der Waals surface area contributed by atoms with Crippen LogP contribution in [0.5, 0.6) is 5.75 Å². The average Bonchev–Trinajstić information content (AvgIpc) is 3.10. The second kappa shape index (κ2) is 6.18. The number of pyridine rings is 2. The fraction of sp³-hybridized carbons (Fsp3) is 0.0526. The number of hydrogen-bond acceptors (Lipinski definition) is 4. The molecular weight excluding hydrogens is 304 g/mol. The number of thiophene rings is 1. The van der Waals surface area contributed by atoms with Crippen molar-refractivity contribution in [1.82, 2.24) is 9.97 Å². The SMILES string of the molecule is c1ccc(-c2cc(OCc3cccnc3)c3sccc3n2)cc1. The van der Waals surface area contributed by atoms with E-state index in [0.717, 1.165) is 32.8 Å². The van der Waals surface area contributed by atoms with Gasteiger partial charge in [-0.1, -0.05) is 36.4 Å². The summed E-state index contributed by atoms with van der Waals surface area (Å²) in [5, 5.41) is 2.05. The van der Waals surface area contributed by atoms with Crippen molar-refractivity contribution in [2.75, 3.05) is 0 Å². The molecule has 4 aromatic rings. The second-order valence-corrected chi connectivity index (χ2v) is 6.07. The maximum absolute atomic E-state index is 6.06. The van der Waals surface area contributed by atoms with Gasteiger partial charge in [0.2, 0.25) is 0 Å². The topological polar surface area (TPSA) is 35.0 Å². The molecule has 4 rings (SSSR count). The molecule has 0 unspecified atom stereocenters. The van der Waals surface area contributed by atoms with Crippen LogP contribution in [0, 0.1) is 0 Å². The summed E-state index contributed by atoms with van der Waals surface area (Å²) < 4.78 is 7.13. The maximum Gasteiger partial charge on any atom is 0.141 e. The molecule has 0 radical (unpaired) electrons. The highest BCUT2D eigenvalue weighted by Crippen LogP contribution is 2.33. The predicted octanol–water partition coefficient (Wildman–Crippen LogP) is 4.94. The first-order chi connectivity index (χ1) is 11.4. The van der Waals surface area contributed by atoms with Crippen LogP contribution in [0.25, 0.3) is 21.5 Å². The Balaban J connectivity index is 1.71. The van der Waals surface area contributed by atoms with Gasteiger partial charge in [0.1, 0.15) is 12.4 Å². The first-order valence-corrected chi connectivity index (χ1v) is 8.23. The van der Waals surface area contributed by atoms with Gasteiger partial charge in [-0.3, -0.25) is 4.98 Å². The number of benzene rings is 1. The molecule has 0 aliphatic heterocycles. The summed E-state index contributed by atoms with van der Waals surface area (Å²) >= 11 is 1.65. The lowest BCUT2D eigenvalue weighted by atomic mass is 10.1. The molecule has 3 nitrogen and oxygen atoms in total. The molecule has 0 bridgehead atoms. The number of ether oxygens (including phenoxy) is 1. The highest BCUT2D eigenvalue weighted by Gasteiger charge is 2.10. The molecule has 0 spiro atoms. The number of aromatic nitrogens is 2. The minimum Gasteiger partial charge on any atom is -0.487 e. The number of nitrogens with zero attached hydrogens (tertiary/aromatic N) is 2. The van der Waals surface area contributed by atoms with E-state index in [0.29, 0.717) is 6.61 Å². The molecule has 0 amide bonds. The lowest BCUT2D eigenvalue weighted by molar-refractivity contribution is 0.310. The zero-order chi connectivity index (χ0) is 15.5. The van der Waals surface area contributed by atoms with Gasteiger partial charge >= 0.3 is 0 Å². The smallest absolute Gasteiger partial charge is 0.141 e. The third-order valence-corrected chi connectivity index (χ3v) is 4.48. The molecule has 0 aliphatic carbocycles. The van der Waals surface area contributed by atoms with Crippen molar-refractivity contribution < 1.29 is 4.74 Å². The fourth-order valence-corrected chi connectivity index (χ4v) is 3.24. The minimum absolute atomic E-state index is 0.499. The van der Waals surface area contributed by atoms with Gasteiger partial charge in [0.25, 0.3) is 0 Å². The van der Waals surface area contributed by atoms with E-state index in [-0.39, 0.29) is 0 Å². The molecule has 1 aromatic carbocycles. The summed E-state index contributed by atoms with van der Waals surface area (Å²) in [6.07, 6.45) is 3.59. The molecule has 3 aromatic heterocycles. The number of rotatable bonds is 4. The molecule has 3 heterocycles. The van der Waals surface area contributed by atoms with Crippen molar-refractivity contribution in [3.63, 3.8) is 0 Å². The van der Waals surface area contributed by atoms with E-state index >= 15 is 0 Å². The number of hydrogen-bond donors (Lipinski definition) is 0. The summed E-state index contributed by atoms with van der Waals surface area (Å²) in [5.41, 5.74) is 4.04. The molecule has 0 atom stereocenters. The molecule has 0 fully saturated rings. The lowest BCUT2D eigenvalue weighted by Gasteiger charge is -2.09. The van der Waals surface area contributed by atoms with Gasteiger partial charge in [-0.2, -0.15) is 0 Å². The number of fused-ring (bicyclic) bond motifs is 1. The zero-order valence-electron chi connectivity index (χ0n) is 12.3. The van der Waals surface area contributed by atoms with E-state index in [2.05, 4.69) is 17.1 Å². The second-order valence-electron chi connectivity index (χ2n) is 5.16. The van der Waals surface area contributed by atoms with Gasteiger partial charge in [0.15, 0.2) is 0 Å². The maximum atomic E-state index is 6.06. The van der Waals surface area contributed by atoms with Crippen LogP contribution in [-0.2, 0) is 6.61 Å². The first-order valence-electron chi connectivity index (χ1n) is 7.35. The lowest BCUT2D eigenvalue weighted by Crippen LogP contribution is -1.97. The van der Waals surface area contributed by atoms with Crippen molar-refractivity contribution in [1.29, 1.82) is 0 Å². The average molecular weight is 318 g/mol. The van der Waals surface area contributed by atoms with E-state index in [1.54, 1.807) is 17.5 Å². The Labute approximate surface area is 138 Å². The van der Waals surface area contributed by atoms with E-state index in [4.69, 9.17) is 9.72 Å². The highest BCUT2D eigenvalue weighted by atomic mass is 32.1. The summed E-state index contributed by atoms with van der Waals surface area (Å²) in [4.78, 5) is 8.86. The fourth-order valence-electron chi connectivity index (χ4n) is 2.44. The Kier molecular flexibility index (Phi) is 3.74. The van der Waals surface area contributed by atoms with Crippen molar-refractivity contribution in [2.45, 2.75) is 6.61 Å². The third kappa shape index (κ3) is 2.94. The minimum atomic E-state index is 0.499. The predicted molar refractivity (Wildman–Crippen MR) is 93.6 cm³/mol. The quantitative estimate of drug-likeness (QED) is 0.535. The van der Waals surface area contributed by atoms with Crippen molar-refractivity contribution >= 4 is 21.6 Å². The van der Waals surface area contributed by atoms with Crippen molar-refractivity contribution in [3.05, 3.63) is 77.9 Å². The van der Waals surface area contributed by atoms with Crippen LogP contribution in [0.2, 0.25) is 0 Å². The standard InChI is InChI=1S/C19H14N2OS/c1-2-6-15(7-3-1)17-11-18(19-16(21-17)8-10-23-19)22-13-14-5-4-9-20-12-14/h1-12H,13H2. The molecule has 23 heavy (non-hydrogen) atoms. The molecule has 0 N–H and O–H groups in total. The summed E-state index contributed by atoms with van der Waals surface area (Å²) in [5.74, 6) is 0.868. The van der Waals surface area contributed by atoms with E-state index in [1.807, 2.05) is 54.0 Å². The van der Waals surface area contributed by atoms with E-state index in [1.165, 1.54) is 0 Å². The monoisotopic (exact) mass is 318 g/mol. The summed E-state index contributed by atoms with van der Waals surface area (Å²) in [7, 11) is 0. The van der Waals surface area contributed by atoms with Crippen molar-refractivity contribution in [3.8, 4) is 17.0 Å². The van der Waals surface area contributed by atoms with Crippen LogP contribution in [0.1, 0.15) is 5.56 Å². The summed E-state index contributed by atoms with van der Waals surface area (Å²) in [6, 6.07) is 18.1. The van der Waals surface area contributed by atoms with E-state index < -0.39 is 0 Å². The Morgan fingerprint density at radius 3 is 2.74 bits per heavy atom. The Hall–Kier alpha value is -2.72. The molecule has 0 saturated carbocycles. The van der Waals surface area contributed by atoms with Crippen LogP contribution in [-0.4, -0.2) is 9.97 Å². The summed E-state index contributed by atoms with van der Waals surface area (Å²) in [6.45, 7) is 0.499. The molecule has 0 saturated heterocycles. The first kappa shape index (κ1) is 13.9. The largest absolute Gasteiger partial charge is 0.487 e. The molecule has 0 aliphatic rings. The Morgan fingerprint density at radius 1 is 1.00 bits per heavy atom. The Morgan fingerprint density at radius 2 is 1.91 bits per heavy atom. The Bertz CT molecular complexity index is 920. The van der Waals surface area contributed by atoms with Crippen molar-refractivity contribution in [2.24, 2.45) is 0 Å². The zero-order valence-corrected chi connectivity index (χ0v) is 13.2. The van der Waals surface area contributed by atoms with Gasteiger partial charge in [-0.15, -0.1) is 11.3 Å². The van der Waals surface area contributed by atoms with Crippen LogP contribution < -0.4 is 4.74 Å². The van der Waals surface area contributed by atoms with E-state index in [9.17, 15) is 0 Å². The van der Waals surface area contributed by atoms with Gasteiger partial charge < -0.3 is 4.74 Å². The molecular formula is C19H14N2OS. The van der Waals surface area contributed by atoms with Crippen LogP contribution in [0.3, 0.4) is 0 Å². The van der Waals surface area contributed by atoms with Crippen LogP contribution >= 0.6 is 11.3 Å².